The van der Waals surface area contributed by atoms with Crippen molar-refractivity contribution in [2.45, 2.75) is 63.4 Å². The van der Waals surface area contributed by atoms with Gasteiger partial charge in [0.2, 0.25) is 5.91 Å². The Morgan fingerprint density at radius 1 is 0.596 bits per heavy atom. The van der Waals surface area contributed by atoms with Gasteiger partial charge in [-0.2, -0.15) is 0 Å². The van der Waals surface area contributed by atoms with Crippen LogP contribution >= 0.6 is 15.6 Å². The van der Waals surface area contributed by atoms with Crippen LogP contribution in [0.15, 0.2) is 121 Å². The first kappa shape index (κ1) is 33.5. The van der Waals surface area contributed by atoms with E-state index in [1.54, 1.807) is 0 Å². The van der Waals surface area contributed by atoms with Gasteiger partial charge in [-0.3, -0.25) is 31.9 Å². The van der Waals surface area contributed by atoms with Crippen molar-refractivity contribution >= 4 is 21.6 Å². The van der Waals surface area contributed by atoms with Crippen molar-refractivity contribution < 1.29 is 41.1 Å². The number of hydrogen-bond donors (Lipinski definition) is 1. The summed E-state index contributed by atoms with van der Waals surface area (Å²) < 4.78 is 64.4. The van der Waals surface area contributed by atoms with Crippen LogP contribution in [0.1, 0.15) is 41.5 Å². The van der Waals surface area contributed by atoms with Gasteiger partial charge in [0.15, 0.2) is 0 Å². The van der Waals surface area contributed by atoms with Gasteiger partial charge < -0.3 is 5.32 Å². The lowest BCUT2D eigenvalue weighted by molar-refractivity contribution is -0.120. The van der Waals surface area contributed by atoms with Gasteiger partial charge in [0.1, 0.15) is 5.60 Å². The minimum Gasteiger partial charge on any atom is -0.348 e. The zero-order valence-corrected chi connectivity index (χ0v) is 27.5. The Balaban J connectivity index is 1.21. The summed E-state index contributed by atoms with van der Waals surface area (Å²) in [6.45, 7) is -0.113. The minimum atomic E-state index is -4.27. The molecule has 1 amide bonds. The number of benzene rings is 4. The quantitative estimate of drug-likeness (QED) is 0.118. The molecule has 2 fully saturated rings. The van der Waals surface area contributed by atoms with Crippen LogP contribution in [0, 0.1) is 0 Å². The highest BCUT2D eigenvalue weighted by Gasteiger charge is 2.61. The fourth-order valence-corrected chi connectivity index (χ4v) is 8.58. The van der Waals surface area contributed by atoms with Gasteiger partial charge in [0, 0.05) is 0 Å². The molecular formula is C35H37NO9P2. The van der Waals surface area contributed by atoms with Crippen LogP contribution in [0.5, 0.6) is 0 Å². The normalized spacial score (nSPS) is 21.0. The van der Waals surface area contributed by atoms with Crippen molar-refractivity contribution in [3.63, 3.8) is 0 Å². The number of rotatable bonds is 16. The monoisotopic (exact) mass is 677 g/mol. The molecule has 2 aliphatic rings. The highest BCUT2D eigenvalue weighted by molar-refractivity contribution is 7.48. The lowest BCUT2D eigenvalue weighted by atomic mass is 9.98. The summed E-state index contributed by atoms with van der Waals surface area (Å²) in [6, 6.07) is 36.2. The average molecular weight is 678 g/mol. The maximum absolute atomic E-state index is 14.3. The van der Waals surface area contributed by atoms with E-state index < -0.39 is 33.4 Å². The molecule has 47 heavy (non-hydrogen) atoms. The summed E-state index contributed by atoms with van der Waals surface area (Å²) in [7, 11) is -8.46. The topological polar surface area (TPSA) is 119 Å². The van der Waals surface area contributed by atoms with E-state index in [9.17, 15) is 13.9 Å². The van der Waals surface area contributed by atoms with E-state index in [4.69, 9.17) is 27.1 Å². The first-order valence-corrected chi connectivity index (χ1v) is 18.4. The number of carbonyl (C=O) groups excluding carboxylic acids is 1. The molecule has 1 saturated carbocycles. The van der Waals surface area contributed by atoms with E-state index >= 15 is 0 Å². The first-order valence-electron chi connectivity index (χ1n) is 15.4. The second kappa shape index (κ2) is 15.2. The zero-order valence-electron chi connectivity index (χ0n) is 25.7. The van der Waals surface area contributed by atoms with Gasteiger partial charge in [0.25, 0.3) is 0 Å². The van der Waals surface area contributed by atoms with E-state index in [0.29, 0.717) is 6.42 Å². The Kier molecular flexibility index (Phi) is 10.8. The van der Waals surface area contributed by atoms with Gasteiger partial charge in [-0.25, -0.2) is 9.13 Å². The van der Waals surface area contributed by atoms with Crippen molar-refractivity contribution in [3.8, 4) is 0 Å². The van der Waals surface area contributed by atoms with Crippen LogP contribution in [0.2, 0.25) is 0 Å². The fourth-order valence-electron chi connectivity index (χ4n) is 5.70. The van der Waals surface area contributed by atoms with E-state index in [-0.39, 0.29) is 45.2 Å². The number of nitrogens with one attached hydrogen (secondary N) is 1. The van der Waals surface area contributed by atoms with E-state index in [2.05, 4.69) is 5.32 Å². The van der Waals surface area contributed by atoms with Gasteiger partial charge in [-0.05, 0) is 35.1 Å². The number of amides is 1. The maximum atomic E-state index is 14.3. The second-order valence-corrected chi connectivity index (χ2v) is 14.7. The molecule has 246 valence electrons. The highest BCUT2D eigenvalue weighted by atomic mass is 31.2. The van der Waals surface area contributed by atoms with Crippen LogP contribution < -0.4 is 5.32 Å². The van der Waals surface area contributed by atoms with Crippen molar-refractivity contribution in [2.24, 2.45) is 0 Å². The van der Waals surface area contributed by atoms with Crippen LogP contribution in [0.3, 0.4) is 0 Å². The van der Waals surface area contributed by atoms with Gasteiger partial charge in [-0.15, -0.1) is 0 Å². The third-order valence-corrected chi connectivity index (χ3v) is 11.0. The molecule has 10 nitrogen and oxygen atoms in total. The predicted molar refractivity (Wildman–Crippen MR) is 175 cm³/mol. The number of carbonyl (C=O) groups is 1. The highest BCUT2D eigenvalue weighted by Crippen LogP contribution is 2.61. The van der Waals surface area contributed by atoms with Gasteiger partial charge >= 0.3 is 15.6 Å². The molecule has 4 aromatic rings. The molecule has 1 saturated heterocycles. The molecule has 0 spiro atoms. The molecule has 1 aliphatic heterocycles. The van der Waals surface area contributed by atoms with E-state index in [1.165, 1.54) is 0 Å². The third kappa shape index (κ3) is 8.93. The summed E-state index contributed by atoms with van der Waals surface area (Å²) >= 11 is 0. The lowest BCUT2D eigenvalue weighted by Gasteiger charge is -2.33. The molecule has 6 rings (SSSR count). The Hall–Kier alpha value is -3.43. The fraction of sp³-hybridized carbons (Fsp3) is 0.286. The SMILES string of the molecule is O=C1C[C@@]2(OP(=O)(OCc3ccccc3)OCc3ccccc3)CC[C@H](OP(=O)(OCc3ccccc3)OCc3ccccc3)[C@H]2N1. The summed E-state index contributed by atoms with van der Waals surface area (Å²) in [6.07, 6.45) is -0.373. The number of phosphoric acid groups is 2. The van der Waals surface area contributed by atoms with Crippen LogP contribution in [0.4, 0.5) is 0 Å². The van der Waals surface area contributed by atoms with Crippen LogP contribution in [-0.2, 0) is 67.5 Å². The van der Waals surface area contributed by atoms with Crippen molar-refractivity contribution in [2.75, 3.05) is 0 Å². The zero-order chi connectivity index (χ0) is 32.6. The molecule has 0 bridgehead atoms. The Morgan fingerprint density at radius 3 is 1.38 bits per heavy atom. The summed E-state index contributed by atoms with van der Waals surface area (Å²) in [5, 5.41) is 2.89. The van der Waals surface area contributed by atoms with Crippen molar-refractivity contribution in [3.05, 3.63) is 144 Å². The van der Waals surface area contributed by atoms with Gasteiger partial charge in [-0.1, -0.05) is 121 Å². The van der Waals surface area contributed by atoms with E-state index in [0.717, 1.165) is 22.3 Å². The third-order valence-electron chi connectivity index (χ3n) is 8.05. The molecule has 1 N–H and O–H groups in total. The van der Waals surface area contributed by atoms with Crippen molar-refractivity contribution in [1.82, 2.24) is 5.32 Å². The molecule has 0 unspecified atom stereocenters. The number of fused-ring (bicyclic) bond motifs is 1. The summed E-state index contributed by atoms with van der Waals surface area (Å²) in [5.74, 6) is -0.328. The Bertz CT molecular complexity index is 1600. The number of hydrogen-bond acceptors (Lipinski definition) is 9. The summed E-state index contributed by atoms with van der Waals surface area (Å²) in [5.41, 5.74) is 1.80. The molecular weight excluding hydrogens is 640 g/mol. The predicted octanol–water partition coefficient (Wildman–Crippen LogP) is 7.89. The lowest BCUT2D eigenvalue weighted by Crippen LogP contribution is -2.46. The largest absolute Gasteiger partial charge is 0.476 e. The van der Waals surface area contributed by atoms with E-state index in [1.807, 2.05) is 121 Å². The molecule has 1 aliphatic carbocycles. The van der Waals surface area contributed by atoms with Crippen LogP contribution in [-0.4, -0.2) is 23.7 Å². The smallest absolute Gasteiger partial charge is 0.348 e. The Labute approximate surface area is 274 Å². The molecule has 0 radical (unpaired) electrons. The maximum Gasteiger partial charge on any atom is 0.476 e. The minimum absolute atomic E-state index is 0.0197. The Morgan fingerprint density at radius 2 is 0.979 bits per heavy atom. The molecule has 0 aromatic heterocycles. The second-order valence-electron chi connectivity index (χ2n) is 11.5. The number of phosphoric ester groups is 2. The van der Waals surface area contributed by atoms with Gasteiger partial charge in [0.05, 0.1) is 45.0 Å². The molecule has 3 atom stereocenters. The molecule has 12 heteroatoms. The summed E-state index contributed by atoms with van der Waals surface area (Å²) in [4.78, 5) is 12.9. The first-order chi connectivity index (χ1) is 22.8. The molecule has 4 aromatic carbocycles. The average Bonchev–Trinajstić information content (AvgIpc) is 3.59. The van der Waals surface area contributed by atoms with Crippen LogP contribution in [0.25, 0.3) is 0 Å². The molecule has 1 heterocycles. The standard InChI is InChI=1S/C35H37NO9P2/c37-33-23-35(45-47(39,42-26-30-17-9-3-10-18-30)43-27-31-19-11-4-12-20-31)22-21-32(34(35)36-33)44-46(38,40-24-28-13-5-1-6-14-28)41-25-29-15-7-2-8-16-29/h1-20,32,34H,21-27H2,(H,36,37)/t32-,34+,35-/m0/s1. The van der Waals surface area contributed by atoms with Crippen molar-refractivity contribution in [1.29, 1.82) is 0 Å².